The molecule has 2 radical (unpaired) electrons. The standard InChI is InChI=1S/C16H24BN/c1-3-11(5-7-14(17)4-2)13-9-12-6-8-15(12)16(18)10-13/h3-5,7,12-13,15-16H,6,8-10,18H2,1-2H3/b7-5-,11-3+,14-4-. The van der Waals surface area contributed by atoms with Gasteiger partial charge in [0.1, 0.15) is 7.85 Å². The van der Waals surface area contributed by atoms with E-state index in [0.717, 1.165) is 23.7 Å². The minimum absolute atomic E-state index is 0.407. The smallest absolute Gasteiger partial charge is 0.113 e. The summed E-state index contributed by atoms with van der Waals surface area (Å²) in [5, 5.41) is 0. The lowest BCUT2D eigenvalue weighted by atomic mass is 9.59. The number of nitrogens with two attached hydrogens (primary N) is 1. The Hall–Kier alpha value is -0.755. The monoisotopic (exact) mass is 241 g/mol. The lowest BCUT2D eigenvalue weighted by molar-refractivity contribution is 0.0698. The van der Waals surface area contributed by atoms with Crippen LogP contribution >= 0.6 is 0 Å². The quantitative estimate of drug-likeness (QED) is 0.595. The Balaban J connectivity index is 2.02. The van der Waals surface area contributed by atoms with E-state index in [2.05, 4.69) is 19.1 Å². The number of hydrogen-bond donors (Lipinski definition) is 1. The van der Waals surface area contributed by atoms with E-state index in [4.69, 9.17) is 13.6 Å². The summed E-state index contributed by atoms with van der Waals surface area (Å²) in [6, 6.07) is 0.407. The summed E-state index contributed by atoms with van der Waals surface area (Å²) < 4.78 is 0. The van der Waals surface area contributed by atoms with Gasteiger partial charge in [-0.15, -0.1) is 5.47 Å². The van der Waals surface area contributed by atoms with Crippen LogP contribution in [0.25, 0.3) is 0 Å². The van der Waals surface area contributed by atoms with Crippen molar-refractivity contribution < 1.29 is 0 Å². The molecule has 1 nitrogen and oxygen atoms in total. The summed E-state index contributed by atoms with van der Waals surface area (Å²) in [5.74, 6) is 2.32. The van der Waals surface area contributed by atoms with Crippen LogP contribution < -0.4 is 5.73 Å². The average Bonchev–Trinajstić information content (AvgIpc) is 2.32. The van der Waals surface area contributed by atoms with Crippen molar-refractivity contribution in [3.63, 3.8) is 0 Å². The van der Waals surface area contributed by atoms with Crippen LogP contribution in [-0.4, -0.2) is 13.9 Å². The maximum atomic E-state index is 6.30. The van der Waals surface area contributed by atoms with E-state index in [-0.39, 0.29) is 0 Å². The zero-order valence-corrected chi connectivity index (χ0v) is 11.6. The van der Waals surface area contributed by atoms with Crippen molar-refractivity contribution in [3.8, 4) is 0 Å². The second-order valence-electron chi connectivity index (χ2n) is 5.74. The van der Waals surface area contributed by atoms with Crippen LogP contribution in [0.2, 0.25) is 0 Å². The zero-order valence-electron chi connectivity index (χ0n) is 11.6. The molecular formula is C16H24BN. The van der Waals surface area contributed by atoms with Gasteiger partial charge in [-0.05, 0) is 62.9 Å². The largest absolute Gasteiger partial charge is 0.327 e. The van der Waals surface area contributed by atoms with Gasteiger partial charge in [-0.3, -0.25) is 0 Å². The number of allylic oxidation sites excluding steroid dienone is 6. The fourth-order valence-corrected chi connectivity index (χ4v) is 3.44. The van der Waals surface area contributed by atoms with E-state index in [1.165, 1.54) is 24.8 Å². The third-order valence-corrected chi connectivity index (χ3v) is 4.78. The van der Waals surface area contributed by atoms with Gasteiger partial charge in [-0.1, -0.05) is 24.3 Å². The summed E-state index contributed by atoms with van der Waals surface area (Å²) >= 11 is 0. The molecule has 2 N–H and O–H groups in total. The van der Waals surface area contributed by atoms with Crippen molar-refractivity contribution in [3.05, 3.63) is 35.3 Å². The molecule has 0 aromatic carbocycles. The summed E-state index contributed by atoms with van der Waals surface area (Å²) in [5.41, 5.74) is 8.53. The van der Waals surface area contributed by atoms with Crippen molar-refractivity contribution in [2.24, 2.45) is 23.5 Å². The van der Waals surface area contributed by atoms with Crippen molar-refractivity contribution in [2.45, 2.75) is 45.6 Å². The predicted octanol–water partition coefficient (Wildman–Crippen LogP) is 3.32. The van der Waals surface area contributed by atoms with Crippen LogP contribution in [0.3, 0.4) is 0 Å². The highest BCUT2D eigenvalue weighted by Gasteiger charge is 2.41. The van der Waals surface area contributed by atoms with Crippen molar-refractivity contribution in [1.82, 2.24) is 0 Å². The van der Waals surface area contributed by atoms with Gasteiger partial charge in [-0.25, -0.2) is 0 Å². The summed E-state index contributed by atoms with van der Waals surface area (Å²) in [7, 11) is 5.82. The number of rotatable bonds is 3. The fraction of sp³-hybridized carbons (Fsp3) is 0.625. The average molecular weight is 241 g/mol. The molecular weight excluding hydrogens is 217 g/mol. The third-order valence-electron chi connectivity index (χ3n) is 4.78. The highest BCUT2D eigenvalue weighted by atomic mass is 14.7. The summed E-state index contributed by atoms with van der Waals surface area (Å²) in [6.45, 7) is 4.08. The highest BCUT2D eigenvalue weighted by molar-refractivity contribution is 6.23. The molecule has 0 aromatic heterocycles. The Morgan fingerprint density at radius 3 is 2.39 bits per heavy atom. The molecule has 0 saturated heterocycles. The molecule has 96 valence electrons. The van der Waals surface area contributed by atoms with E-state index in [0.29, 0.717) is 12.0 Å². The highest BCUT2D eigenvalue weighted by Crippen LogP contribution is 2.48. The molecule has 4 unspecified atom stereocenters. The number of hydrogen-bond acceptors (Lipinski definition) is 1. The predicted molar refractivity (Wildman–Crippen MR) is 79.3 cm³/mol. The maximum absolute atomic E-state index is 6.30. The Kier molecular flexibility index (Phi) is 4.50. The van der Waals surface area contributed by atoms with Crippen molar-refractivity contribution >= 4 is 7.85 Å². The van der Waals surface area contributed by atoms with Crippen LogP contribution in [0.4, 0.5) is 0 Å². The minimum atomic E-state index is 0.407. The molecule has 2 rings (SSSR count). The van der Waals surface area contributed by atoms with E-state index in [9.17, 15) is 0 Å². The molecule has 2 aliphatic rings. The molecule has 0 bridgehead atoms. The molecule has 4 atom stereocenters. The van der Waals surface area contributed by atoms with Gasteiger partial charge < -0.3 is 5.73 Å². The van der Waals surface area contributed by atoms with Gasteiger partial charge >= 0.3 is 0 Å². The van der Waals surface area contributed by atoms with Crippen LogP contribution in [0.1, 0.15) is 39.5 Å². The molecule has 2 aliphatic carbocycles. The first-order valence-corrected chi connectivity index (χ1v) is 7.17. The maximum Gasteiger partial charge on any atom is 0.113 e. The second kappa shape index (κ2) is 5.92. The van der Waals surface area contributed by atoms with Gasteiger partial charge in [0, 0.05) is 6.04 Å². The molecule has 0 amide bonds. The van der Waals surface area contributed by atoms with Gasteiger partial charge in [0.05, 0.1) is 0 Å². The molecule has 0 heterocycles. The van der Waals surface area contributed by atoms with E-state index < -0.39 is 0 Å². The Labute approximate surface area is 113 Å². The molecule has 18 heavy (non-hydrogen) atoms. The molecule has 2 heteroatoms. The van der Waals surface area contributed by atoms with Gasteiger partial charge in [0.15, 0.2) is 0 Å². The molecule has 0 aromatic rings. The summed E-state index contributed by atoms with van der Waals surface area (Å²) in [6.07, 6.45) is 13.5. The van der Waals surface area contributed by atoms with Gasteiger partial charge in [-0.2, -0.15) is 0 Å². The lowest BCUT2D eigenvalue weighted by Gasteiger charge is -2.48. The van der Waals surface area contributed by atoms with E-state index in [1.807, 2.05) is 19.1 Å². The van der Waals surface area contributed by atoms with E-state index in [1.54, 1.807) is 0 Å². The topological polar surface area (TPSA) is 26.0 Å². The van der Waals surface area contributed by atoms with Gasteiger partial charge in [0.2, 0.25) is 0 Å². The minimum Gasteiger partial charge on any atom is -0.327 e. The molecule has 0 aliphatic heterocycles. The van der Waals surface area contributed by atoms with Crippen LogP contribution in [0.5, 0.6) is 0 Å². The molecule has 0 spiro atoms. The zero-order chi connectivity index (χ0) is 13.1. The second-order valence-corrected chi connectivity index (χ2v) is 5.74. The third kappa shape index (κ3) is 2.80. The van der Waals surface area contributed by atoms with Crippen LogP contribution in [-0.2, 0) is 0 Å². The van der Waals surface area contributed by atoms with Crippen LogP contribution in [0, 0.1) is 17.8 Å². The summed E-state index contributed by atoms with van der Waals surface area (Å²) in [4.78, 5) is 0. The van der Waals surface area contributed by atoms with Crippen molar-refractivity contribution in [1.29, 1.82) is 0 Å². The van der Waals surface area contributed by atoms with Gasteiger partial charge in [0.25, 0.3) is 0 Å². The molecule has 2 saturated carbocycles. The SMILES string of the molecule is [B]C(/C=C\C(=C/C)C1CC(N)C2CCC2C1)=C\C. The van der Waals surface area contributed by atoms with Crippen LogP contribution in [0.15, 0.2) is 35.3 Å². The Morgan fingerprint density at radius 1 is 1.11 bits per heavy atom. The first-order chi connectivity index (χ1) is 8.65. The number of fused-ring (bicyclic) bond motifs is 1. The first kappa shape index (κ1) is 13.7. The Bertz CT molecular complexity index is 373. The Morgan fingerprint density at radius 2 is 1.89 bits per heavy atom. The normalized spacial score (nSPS) is 37.5. The fourth-order valence-electron chi connectivity index (χ4n) is 3.44. The molecule has 2 fully saturated rings. The van der Waals surface area contributed by atoms with Crippen molar-refractivity contribution in [2.75, 3.05) is 0 Å². The first-order valence-electron chi connectivity index (χ1n) is 7.17. The lowest BCUT2D eigenvalue weighted by Crippen LogP contribution is -2.47. The van der Waals surface area contributed by atoms with E-state index >= 15 is 0 Å².